The summed E-state index contributed by atoms with van der Waals surface area (Å²) in [6.45, 7) is 14.8. The van der Waals surface area contributed by atoms with Gasteiger partial charge in [0.2, 0.25) is 0 Å². The third-order valence-corrected chi connectivity index (χ3v) is 10.2. The third kappa shape index (κ3) is 8.26. The number of rotatable bonds is 14. The predicted octanol–water partition coefficient (Wildman–Crippen LogP) is 1.66. The van der Waals surface area contributed by atoms with E-state index in [9.17, 15) is 0 Å². The molecule has 0 radical (unpaired) electrons. The molecule has 0 saturated carbocycles. The molecule has 3 saturated heterocycles. The average molecular weight is 454 g/mol. The van der Waals surface area contributed by atoms with Gasteiger partial charge in [-0.15, -0.1) is 0 Å². The quantitative estimate of drug-likeness (QED) is 0.288. The molecule has 0 aromatic rings. The third-order valence-electron chi connectivity index (χ3n) is 4.63. The second-order valence-corrected chi connectivity index (χ2v) is 11.7. The molecule has 11 heteroatoms. The van der Waals surface area contributed by atoms with Crippen LogP contribution in [0.15, 0.2) is 0 Å². The summed E-state index contributed by atoms with van der Waals surface area (Å²) in [4.78, 5) is 2.29. The zero-order chi connectivity index (χ0) is 21.0. The molecule has 3 aliphatic heterocycles. The van der Waals surface area contributed by atoms with Gasteiger partial charge in [0.25, 0.3) is 0 Å². The molecule has 9 nitrogen and oxygen atoms in total. The van der Waals surface area contributed by atoms with Gasteiger partial charge >= 0.3 is 17.9 Å². The topological polar surface area (TPSA) is 77.1 Å². The van der Waals surface area contributed by atoms with E-state index in [1.807, 2.05) is 27.7 Å². The minimum absolute atomic E-state index is 0.138. The summed E-state index contributed by atoms with van der Waals surface area (Å²) in [7, 11) is -5.69. The van der Waals surface area contributed by atoms with Gasteiger partial charge in [0, 0.05) is 58.7 Å². The summed E-state index contributed by atoms with van der Waals surface area (Å²) < 4.78 is 47.4. The van der Waals surface area contributed by atoms with E-state index < -0.39 is 17.9 Å². The van der Waals surface area contributed by atoms with Crippen LogP contribution in [0.1, 0.15) is 34.1 Å². The van der Waals surface area contributed by atoms with Crippen molar-refractivity contribution in [3.63, 3.8) is 0 Å². The predicted molar refractivity (Wildman–Crippen MR) is 111 cm³/mol. The summed E-state index contributed by atoms with van der Waals surface area (Å²) in [5.74, 6) is 0. The first-order chi connectivity index (χ1) is 14.1. The SMILES string of the molecule is CCO[Si](CCCOCC1CN2CCO[Si](OCC)(OCC2)O1)(OCC)OCC. The molecule has 3 fully saturated rings. The largest absolute Gasteiger partial charge is 0.680 e. The van der Waals surface area contributed by atoms with Crippen molar-refractivity contribution in [2.24, 2.45) is 0 Å². The Bertz CT molecular complexity index is 421. The summed E-state index contributed by atoms with van der Waals surface area (Å²) in [5, 5.41) is 0. The lowest BCUT2D eigenvalue weighted by molar-refractivity contribution is -0.112. The summed E-state index contributed by atoms with van der Waals surface area (Å²) in [6.07, 6.45) is 0.672. The second kappa shape index (κ2) is 13.5. The molecule has 172 valence electrons. The highest BCUT2D eigenvalue weighted by Crippen LogP contribution is 2.21. The second-order valence-electron chi connectivity index (χ2n) is 6.83. The van der Waals surface area contributed by atoms with E-state index in [4.69, 9.17) is 35.7 Å². The van der Waals surface area contributed by atoms with Gasteiger partial charge in [0.15, 0.2) is 0 Å². The lowest BCUT2D eigenvalue weighted by Gasteiger charge is -2.40. The average Bonchev–Trinajstić information content (AvgIpc) is 2.64. The highest BCUT2D eigenvalue weighted by atomic mass is 28.4. The van der Waals surface area contributed by atoms with E-state index in [-0.39, 0.29) is 6.10 Å². The molecule has 0 aliphatic carbocycles. The molecule has 3 aliphatic rings. The van der Waals surface area contributed by atoms with Gasteiger partial charge in [-0.25, -0.2) is 0 Å². The monoisotopic (exact) mass is 453 g/mol. The highest BCUT2D eigenvalue weighted by Gasteiger charge is 2.50. The van der Waals surface area contributed by atoms with Crippen molar-refractivity contribution in [2.75, 3.05) is 72.5 Å². The molecule has 0 N–H and O–H groups in total. The fraction of sp³-hybridized carbons (Fsp3) is 1.00. The molecule has 0 aromatic carbocycles. The van der Waals surface area contributed by atoms with Crippen LogP contribution in [0.3, 0.4) is 0 Å². The Kier molecular flexibility index (Phi) is 11.8. The molecule has 2 bridgehead atoms. The molecule has 29 heavy (non-hydrogen) atoms. The van der Waals surface area contributed by atoms with Crippen molar-refractivity contribution in [2.45, 2.75) is 46.3 Å². The van der Waals surface area contributed by atoms with E-state index in [1.165, 1.54) is 0 Å². The van der Waals surface area contributed by atoms with Crippen LogP contribution in [0.5, 0.6) is 0 Å². The van der Waals surface area contributed by atoms with Crippen LogP contribution in [0.2, 0.25) is 6.04 Å². The number of fused-ring (bicyclic) bond motifs is 6. The fourth-order valence-corrected chi connectivity index (χ4v) is 8.14. The Morgan fingerprint density at radius 1 is 0.931 bits per heavy atom. The van der Waals surface area contributed by atoms with Gasteiger partial charge in [0.1, 0.15) is 0 Å². The normalized spacial score (nSPS) is 28.1. The van der Waals surface area contributed by atoms with Crippen molar-refractivity contribution in [1.29, 1.82) is 0 Å². The molecule has 1 unspecified atom stereocenters. The van der Waals surface area contributed by atoms with E-state index in [1.54, 1.807) is 0 Å². The molecular formula is C18H39NO8Si2. The van der Waals surface area contributed by atoms with E-state index >= 15 is 0 Å². The molecule has 3 rings (SSSR count). The van der Waals surface area contributed by atoms with Crippen LogP contribution >= 0.6 is 0 Å². The molecule has 0 aromatic heterocycles. The minimum atomic E-state index is -3.08. The Hall–Kier alpha value is 0.0738. The van der Waals surface area contributed by atoms with Crippen LogP contribution in [-0.2, 0) is 35.7 Å². The Morgan fingerprint density at radius 2 is 1.55 bits per heavy atom. The van der Waals surface area contributed by atoms with E-state index in [0.29, 0.717) is 52.9 Å². The Morgan fingerprint density at radius 3 is 2.10 bits per heavy atom. The molecular weight excluding hydrogens is 414 g/mol. The van der Waals surface area contributed by atoms with Gasteiger partial charge in [-0.2, -0.15) is 0 Å². The number of hydrogen-bond acceptors (Lipinski definition) is 9. The van der Waals surface area contributed by atoms with Crippen LogP contribution < -0.4 is 0 Å². The van der Waals surface area contributed by atoms with Crippen molar-refractivity contribution in [3.8, 4) is 0 Å². The van der Waals surface area contributed by atoms with Gasteiger partial charge in [-0.05, 0) is 34.1 Å². The lowest BCUT2D eigenvalue weighted by Crippen LogP contribution is -2.60. The molecule has 0 amide bonds. The van der Waals surface area contributed by atoms with Gasteiger partial charge in [0.05, 0.1) is 25.9 Å². The standard InChI is InChI=1S/C18H39NO8Si2/c1-5-21-28(22-6-2,23-7-3)15-9-12-20-17-18-16-19-10-13-25-29(27-18,24-8-4)26-14-11-19/h18H,5-17H2,1-4H3. The van der Waals surface area contributed by atoms with Gasteiger partial charge < -0.3 is 35.7 Å². The van der Waals surface area contributed by atoms with Gasteiger partial charge in [-0.3, -0.25) is 4.90 Å². The molecule has 3 heterocycles. The van der Waals surface area contributed by atoms with Gasteiger partial charge in [-0.1, -0.05) is 0 Å². The highest BCUT2D eigenvalue weighted by molar-refractivity contribution is 6.60. The number of ether oxygens (including phenoxy) is 1. The van der Waals surface area contributed by atoms with Crippen LogP contribution in [0.4, 0.5) is 0 Å². The van der Waals surface area contributed by atoms with Crippen molar-refractivity contribution in [1.82, 2.24) is 4.90 Å². The smallest absolute Gasteiger partial charge is 0.379 e. The molecule has 1 atom stereocenters. The summed E-state index contributed by atoms with van der Waals surface area (Å²) in [6, 6.07) is 0.740. The van der Waals surface area contributed by atoms with Crippen molar-refractivity contribution < 1.29 is 35.7 Å². The van der Waals surface area contributed by atoms with Crippen LogP contribution in [-0.4, -0.2) is 101 Å². The summed E-state index contributed by atoms with van der Waals surface area (Å²) in [5.41, 5.74) is 0. The Labute approximate surface area is 177 Å². The van der Waals surface area contributed by atoms with Crippen LogP contribution in [0, 0.1) is 0 Å². The Balaban J connectivity index is 1.82. The van der Waals surface area contributed by atoms with Crippen molar-refractivity contribution in [3.05, 3.63) is 0 Å². The maximum Gasteiger partial charge on any atom is 0.680 e. The number of hydrogen-bond donors (Lipinski definition) is 0. The zero-order valence-electron chi connectivity index (χ0n) is 18.5. The summed E-state index contributed by atoms with van der Waals surface area (Å²) >= 11 is 0. The maximum absolute atomic E-state index is 6.19. The lowest BCUT2D eigenvalue weighted by atomic mass is 10.3. The van der Waals surface area contributed by atoms with Crippen molar-refractivity contribution >= 4 is 17.9 Å². The maximum atomic E-state index is 6.19. The zero-order valence-corrected chi connectivity index (χ0v) is 20.5. The first-order valence-electron chi connectivity index (χ1n) is 10.9. The minimum Gasteiger partial charge on any atom is -0.379 e. The van der Waals surface area contributed by atoms with E-state index in [2.05, 4.69) is 4.90 Å². The fourth-order valence-electron chi connectivity index (χ4n) is 3.52. The van der Waals surface area contributed by atoms with Crippen LogP contribution in [0.25, 0.3) is 0 Å². The van der Waals surface area contributed by atoms with E-state index in [0.717, 1.165) is 32.1 Å². The first-order valence-corrected chi connectivity index (χ1v) is 14.5. The molecule has 0 spiro atoms. The number of nitrogens with zero attached hydrogens (tertiary/aromatic N) is 1. The first kappa shape index (κ1) is 25.3.